The van der Waals surface area contributed by atoms with Crippen molar-refractivity contribution < 1.29 is 5.11 Å². The second-order valence-electron chi connectivity index (χ2n) is 5.17. The van der Waals surface area contributed by atoms with Crippen LogP contribution in [0, 0.1) is 0 Å². The van der Waals surface area contributed by atoms with Crippen molar-refractivity contribution in [3.05, 3.63) is 20.8 Å². The molecular formula is C14H22N4O3S. The Kier molecular flexibility index (Phi) is 5.84. The zero-order chi connectivity index (χ0) is 16.1. The van der Waals surface area contributed by atoms with Gasteiger partial charge in [-0.2, -0.15) is 0 Å². The number of thioether (sulfide) groups is 1. The smallest absolute Gasteiger partial charge is 0.329 e. The predicted molar refractivity (Wildman–Crippen MR) is 87.5 cm³/mol. The zero-order valence-electron chi connectivity index (χ0n) is 13.0. The molecule has 0 spiro atoms. The summed E-state index contributed by atoms with van der Waals surface area (Å²) in [6.07, 6.45) is 4.34. The van der Waals surface area contributed by atoms with Gasteiger partial charge in [-0.05, 0) is 6.42 Å². The number of aliphatic hydroxyl groups is 1. The molecule has 0 fully saturated rings. The molecule has 122 valence electrons. The number of fused-ring (bicyclic) bond motifs is 1. The highest BCUT2D eigenvalue weighted by Gasteiger charge is 2.17. The Morgan fingerprint density at radius 2 is 2.05 bits per heavy atom. The number of aromatic amines is 1. The van der Waals surface area contributed by atoms with Crippen molar-refractivity contribution in [2.75, 3.05) is 12.4 Å². The van der Waals surface area contributed by atoms with Crippen LogP contribution in [0.5, 0.6) is 0 Å². The van der Waals surface area contributed by atoms with Crippen molar-refractivity contribution in [2.45, 2.75) is 44.3 Å². The van der Waals surface area contributed by atoms with Gasteiger partial charge in [0.1, 0.15) is 0 Å². The lowest BCUT2D eigenvalue weighted by Crippen LogP contribution is -2.29. The molecule has 2 heterocycles. The van der Waals surface area contributed by atoms with Crippen LogP contribution in [0.15, 0.2) is 14.7 Å². The highest BCUT2D eigenvalue weighted by molar-refractivity contribution is 7.99. The van der Waals surface area contributed by atoms with E-state index in [-0.39, 0.29) is 6.61 Å². The quantitative estimate of drug-likeness (QED) is 0.559. The van der Waals surface area contributed by atoms with Crippen LogP contribution < -0.4 is 11.2 Å². The van der Waals surface area contributed by atoms with Gasteiger partial charge in [0.05, 0.1) is 6.61 Å². The maximum absolute atomic E-state index is 12.2. The van der Waals surface area contributed by atoms with E-state index in [0.29, 0.717) is 28.6 Å². The molecule has 0 saturated carbocycles. The van der Waals surface area contributed by atoms with Gasteiger partial charge < -0.3 is 9.67 Å². The van der Waals surface area contributed by atoms with Crippen molar-refractivity contribution in [3.8, 4) is 0 Å². The fourth-order valence-electron chi connectivity index (χ4n) is 2.37. The molecule has 2 N–H and O–H groups in total. The molecule has 0 unspecified atom stereocenters. The third-order valence-corrected chi connectivity index (χ3v) is 4.49. The normalized spacial score (nSPS) is 11.4. The van der Waals surface area contributed by atoms with E-state index in [1.54, 1.807) is 7.05 Å². The summed E-state index contributed by atoms with van der Waals surface area (Å²) < 4.78 is 3.21. The number of aryl methyl sites for hydroxylation is 2. The van der Waals surface area contributed by atoms with E-state index in [1.807, 2.05) is 4.57 Å². The van der Waals surface area contributed by atoms with E-state index >= 15 is 0 Å². The Balaban J connectivity index is 2.46. The first-order chi connectivity index (χ1) is 10.6. The molecular weight excluding hydrogens is 304 g/mol. The summed E-state index contributed by atoms with van der Waals surface area (Å²) in [6, 6.07) is 0. The third kappa shape index (κ3) is 3.44. The molecule has 7 nitrogen and oxygen atoms in total. The molecule has 0 aromatic carbocycles. The lowest BCUT2D eigenvalue weighted by molar-refractivity contribution is 0.322. The van der Waals surface area contributed by atoms with Gasteiger partial charge >= 0.3 is 5.69 Å². The molecule has 8 heteroatoms. The van der Waals surface area contributed by atoms with E-state index in [1.165, 1.54) is 16.3 Å². The first-order valence-electron chi connectivity index (χ1n) is 7.53. The van der Waals surface area contributed by atoms with Gasteiger partial charge in [-0.3, -0.25) is 14.3 Å². The van der Waals surface area contributed by atoms with Crippen LogP contribution in [0.4, 0.5) is 0 Å². The number of H-pyrrole nitrogens is 1. The predicted octanol–water partition coefficient (Wildman–Crippen LogP) is 1.09. The van der Waals surface area contributed by atoms with Crippen LogP contribution in [0.3, 0.4) is 0 Å². The molecule has 2 aromatic heterocycles. The number of aliphatic hydroxyl groups excluding tert-OH is 1. The highest BCUT2D eigenvalue weighted by Crippen LogP contribution is 2.22. The number of hydrogen-bond acceptors (Lipinski definition) is 5. The van der Waals surface area contributed by atoms with Crippen LogP contribution in [-0.4, -0.2) is 36.6 Å². The molecule has 0 saturated heterocycles. The molecule has 0 aliphatic heterocycles. The molecule has 0 aliphatic carbocycles. The van der Waals surface area contributed by atoms with Crippen molar-refractivity contribution in [2.24, 2.45) is 7.05 Å². The number of imidazole rings is 1. The fraction of sp³-hybridized carbons (Fsp3) is 0.643. The van der Waals surface area contributed by atoms with Crippen LogP contribution in [0.25, 0.3) is 11.2 Å². The molecule has 0 amide bonds. The minimum absolute atomic E-state index is 0.0407. The molecule has 0 bridgehead atoms. The Bertz CT molecular complexity index is 747. The topological polar surface area (TPSA) is 92.9 Å². The Labute approximate surface area is 132 Å². The summed E-state index contributed by atoms with van der Waals surface area (Å²) in [7, 11) is 1.59. The number of rotatable bonds is 8. The van der Waals surface area contributed by atoms with Crippen molar-refractivity contribution >= 4 is 22.9 Å². The summed E-state index contributed by atoms with van der Waals surface area (Å²) in [5, 5.41) is 9.69. The minimum atomic E-state index is -0.466. The highest BCUT2D eigenvalue weighted by atomic mass is 32.2. The molecule has 2 aromatic rings. The Hall–Kier alpha value is -1.54. The number of unbranched alkanes of at least 4 members (excludes halogenated alkanes) is 3. The number of nitrogens with one attached hydrogen (secondary N) is 1. The van der Waals surface area contributed by atoms with E-state index in [2.05, 4.69) is 16.9 Å². The maximum Gasteiger partial charge on any atom is 0.329 e. The average molecular weight is 326 g/mol. The monoisotopic (exact) mass is 326 g/mol. The van der Waals surface area contributed by atoms with Crippen molar-refractivity contribution in [3.63, 3.8) is 0 Å². The molecule has 0 radical (unpaired) electrons. The summed E-state index contributed by atoms with van der Waals surface area (Å²) in [6.45, 7) is 2.88. The van der Waals surface area contributed by atoms with Crippen molar-refractivity contribution in [1.82, 2.24) is 19.1 Å². The largest absolute Gasteiger partial charge is 0.396 e. The lowest BCUT2D eigenvalue weighted by Gasteiger charge is -2.07. The van der Waals surface area contributed by atoms with E-state index in [9.17, 15) is 9.59 Å². The van der Waals surface area contributed by atoms with Crippen LogP contribution >= 0.6 is 11.8 Å². The number of hydrogen-bond donors (Lipinski definition) is 2. The van der Waals surface area contributed by atoms with Crippen molar-refractivity contribution in [1.29, 1.82) is 0 Å². The van der Waals surface area contributed by atoms with E-state index in [0.717, 1.165) is 25.7 Å². The number of aromatic nitrogens is 4. The lowest BCUT2D eigenvalue weighted by atomic mass is 10.2. The standard InChI is InChI=1S/C14H22N4O3S/c1-3-4-5-6-7-18-10-11(15-14(18)22-9-8-19)17(2)13(21)16-12(10)20/h19H,3-9H2,1-2H3,(H,16,20,21). The van der Waals surface area contributed by atoms with Crippen LogP contribution in [-0.2, 0) is 13.6 Å². The summed E-state index contributed by atoms with van der Waals surface area (Å²) >= 11 is 1.39. The average Bonchev–Trinajstić information content (AvgIpc) is 2.86. The third-order valence-electron chi connectivity index (χ3n) is 3.53. The SMILES string of the molecule is CCCCCCn1c(SCCO)nc2c1c(=O)[nH]c(=O)n2C. The van der Waals surface area contributed by atoms with Gasteiger partial charge in [0, 0.05) is 19.3 Å². The summed E-state index contributed by atoms with van der Waals surface area (Å²) in [4.78, 5) is 30.6. The molecule has 2 rings (SSSR count). The summed E-state index contributed by atoms with van der Waals surface area (Å²) in [5.74, 6) is 0.504. The maximum atomic E-state index is 12.2. The first kappa shape index (κ1) is 16.8. The van der Waals surface area contributed by atoms with Crippen LogP contribution in [0.1, 0.15) is 32.6 Å². The second kappa shape index (κ2) is 7.64. The van der Waals surface area contributed by atoms with Gasteiger partial charge in [-0.25, -0.2) is 9.78 Å². The number of nitrogens with zero attached hydrogens (tertiary/aromatic N) is 3. The van der Waals surface area contributed by atoms with E-state index < -0.39 is 11.2 Å². The van der Waals surface area contributed by atoms with Gasteiger partial charge in [-0.1, -0.05) is 37.9 Å². The first-order valence-corrected chi connectivity index (χ1v) is 8.52. The van der Waals surface area contributed by atoms with Gasteiger partial charge in [0.25, 0.3) is 5.56 Å². The van der Waals surface area contributed by atoms with Gasteiger partial charge in [0.15, 0.2) is 16.3 Å². The Morgan fingerprint density at radius 1 is 1.27 bits per heavy atom. The Morgan fingerprint density at radius 3 is 2.73 bits per heavy atom. The molecule has 0 atom stereocenters. The molecule has 22 heavy (non-hydrogen) atoms. The van der Waals surface area contributed by atoms with Crippen LogP contribution in [0.2, 0.25) is 0 Å². The van der Waals surface area contributed by atoms with E-state index in [4.69, 9.17) is 5.11 Å². The minimum Gasteiger partial charge on any atom is -0.396 e. The second-order valence-corrected chi connectivity index (χ2v) is 6.23. The fourth-order valence-corrected chi connectivity index (χ4v) is 3.13. The van der Waals surface area contributed by atoms with Gasteiger partial charge in [0.2, 0.25) is 0 Å². The molecule has 0 aliphatic rings. The zero-order valence-corrected chi connectivity index (χ0v) is 13.8. The summed E-state index contributed by atoms with van der Waals surface area (Å²) in [5.41, 5.74) is -0.0486. The van der Waals surface area contributed by atoms with Gasteiger partial charge in [-0.15, -0.1) is 0 Å².